The molecule has 0 spiro atoms. The van der Waals surface area contributed by atoms with Crippen LogP contribution in [0.25, 0.3) is 0 Å². The fraction of sp³-hybridized carbons (Fsp3) is 0.200. The van der Waals surface area contributed by atoms with Crippen LogP contribution in [0.5, 0.6) is 0 Å². The summed E-state index contributed by atoms with van der Waals surface area (Å²) in [5.41, 5.74) is 0.716. The van der Waals surface area contributed by atoms with Crippen molar-refractivity contribution in [2.75, 3.05) is 0 Å². The molecule has 15 heavy (non-hydrogen) atoms. The molecule has 2 aromatic rings. The molecule has 1 heterocycles. The maximum atomic E-state index is 9.91. The van der Waals surface area contributed by atoms with Crippen molar-refractivity contribution in [1.29, 1.82) is 0 Å². The maximum Gasteiger partial charge on any atom is 0.119 e. The number of nitrogens with zero attached hydrogens (tertiary/aromatic N) is 3. The van der Waals surface area contributed by atoms with E-state index in [-0.39, 0.29) is 0 Å². The highest BCUT2D eigenvalue weighted by atomic mass is 35.5. The Kier molecular flexibility index (Phi) is 2.99. The fourth-order valence-electron chi connectivity index (χ4n) is 1.36. The van der Waals surface area contributed by atoms with Crippen LogP contribution in [-0.4, -0.2) is 19.9 Å². The smallest absolute Gasteiger partial charge is 0.119 e. The van der Waals surface area contributed by atoms with Gasteiger partial charge in [-0.1, -0.05) is 29.8 Å². The molecular formula is C10H10ClN3O. The molecule has 0 saturated carbocycles. The molecule has 0 bridgehead atoms. The first kappa shape index (κ1) is 10.1. The van der Waals surface area contributed by atoms with Crippen LogP contribution in [0.3, 0.4) is 0 Å². The number of halogens is 1. The Bertz CT molecular complexity index is 430. The SMILES string of the molecule is OC(Cn1cnnc1)c1ccccc1Cl. The van der Waals surface area contributed by atoms with E-state index in [2.05, 4.69) is 10.2 Å². The number of benzene rings is 1. The molecule has 0 fully saturated rings. The lowest BCUT2D eigenvalue weighted by molar-refractivity contribution is 0.156. The van der Waals surface area contributed by atoms with Crippen LogP contribution in [-0.2, 0) is 6.54 Å². The third-order valence-electron chi connectivity index (χ3n) is 2.11. The molecule has 1 aromatic carbocycles. The number of aromatic nitrogens is 3. The molecule has 1 aromatic heterocycles. The summed E-state index contributed by atoms with van der Waals surface area (Å²) in [6, 6.07) is 7.23. The van der Waals surface area contributed by atoms with Gasteiger partial charge in [-0.25, -0.2) is 0 Å². The highest BCUT2D eigenvalue weighted by molar-refractivity contribution is 6.31. The van der Waals surface area contributed by atoms with E-state index in [0.717, 1.165) is 0 Å². The standard InChI is InChI=1S/C10H10ClN3O/c11-9-4-2-1-3-8(9)10(15)5-14-6-12-13-7-14/h1-4,6-7,10,15H,5H2. The average Bonchev–Trinajstić information content (AvgIpc) is 2.71. The molecule has 5 heteroatoms. The molecule has 0 saturated heterocycles. The number of rotatable bonds is 3. The van der Waals surface area contributed by atoms with E-state index in [1.807, 2.05) is 12.1 Å². The van der Waals surface area contributed by atoms with Crippen molar-refractivity contribution in [1.82, 2.24) is 14.8 Å². The predicted octanol–water partition coefficient (Wildman–Crippen LogP) is 1.67. The van der Waals surface area contributed by atoms with Crippen molar-refractivity contribution in [3.63, 3.8) is 0 Å². The third-order valence-corrected chi connectivity index (χ3v) is 2.46. The molecule has 0 radical (unpaired) electrons. The monoisotopic (exact) mass is 223 g/mol. The molecule has 0 aliphatic rings. The quantitative estimate of drug-likeness (QED) is 0.861. The minimum Gasteiger partial charge on any atom is -0.386 e. The number of aliphatic hydroxyl groups is 1. The third kappa shape index (κ3) is 2.34. The van der Waals surface area contributed by atoms with Gasteiger partial charge in [-0.2, -0.15) is 0 Å². The van der Waals surface area contributed by atoms with Crippen LogP contribution in [0.15, 0.2) is 36.9 Å². The Hall–Kier alpha value is -1.39. The first-order valence-electron chi connectivity index (χ1n) is 4.52. The summed E-state index contributed by atoms with van der Waals surface area (Å²) in [6.45, 7) is 0.400. The zero-order valence-corrected chi connectivity index (χ0v) is 8.67. The van der Waals surface area contributed by atoms with Gasteiger partial charge in [-0.15, -0.1) is 10.2 Å². The van der Waals surface area contributed by atoms with Crippen LogP contribution in [0, 0.1) is 0 Å². The second-order valence-corrected chi connectivity index (χ2v) is 3.60. The lowest BCUT2D eigenvalue weighted by atomic mass is 10.1. The number of hydrogen-bond acceptors (Lipinski definition) is 3. The predicted molar refractivity (Wildman–Crippen MR) is 56.4 cm³/mol. The summed E-state index contributed by atoms with van der Waals surface area (Å²) in [4.78, 5) is 0. The van der Waals surface area contributed by atoms with Gasteiger partial charge < -0.3 is 9.67 Å². The van der Waals surface area contributed by atoms with Gasteiger partial charge in [0.25, 0.3) is 0 Å². The summed E-state index contributed by atoms with van der Waals surface area (Å²) < 4.78 is 1.70. The second-order valence-electron chi connectivity index (χ2n) is 3.20. The summed E-state index contributed by atoms with van der Waals surface area (Å²) in [7, 11) is 0. The van der Waals surface area contributed by atoms with Gasteiger partial charge in [-0.05, 0) is 6.07 Å². The molecule has 0 amide bonds. The Morgan fingerprint density at radius 2 is 1.93 bits per heavy atom. The van der Waals surface area contributed by atoms with E-state index in [1.54, 1.807) is 29.4 Å². The summed E-state index contributed by atoms with van der Waals surface area (Å²) in [5.74, 6) is 0. The molecule has 78 valence electrons. The van der Waals surface area contributed by atoms with E-state index in [0.29, 0.717) is 17.1 Å². The Morgan fingerprint density at radius 3 is 2.60 bits per heavy atom. The highest BCUT2D eigenvalue weighted by Crippen LogP contribution is 2.23. The Balaban J connectivity index is 2.15. The van der Waals surface area contributed by atoms with Crippen molar-refractivity contribution < 1.29 is 5.11 Å². The van der Waals surface area contributed by atoms with E-state index in [4.69, 9.17) is 11.6 Å². The molecule has 1 atom stereocenters. The molecular weight excluding hydrogens is 214 g/mol. The molecule has 0 aliphatic heterocycles. The largest absolute Gasteiger partial charge is 0.386 e. The van der Waals surface area contributed by atoms with E-state index in [9.17, 15) is 5.11 Å². The zero-order chi connectivity index (χ0) is 10.7. The first-order valence-corrected chi connectivity index (χ1v) is 4.90. The second kappa shape index (κ2) is 4.42. The summed E-state index contributed by atoms with van der Waals surface area (Å²) >= 11 is 5.96. The molecule has 0 aliphatic carbocycles. The number of hydrogen-bond donors (Lipinski definition) is 1. The van der Waals surface area contributed by atoms with Crippen LogP contribution in [0.1, 0.15) is 11.7 Å². The summed E-state index contributed by atoms with van der Waals surface area (Å²) in [6.07, 6.45) is 2.47. The van der Waals surface area contributed by atoms with Gasteiger partial charge in [0, 0.05) is 10.6 Å². The molecule has 2 rings (SSSR count). The van der Waals surface area contributed by atoms with Gasteiger partial charge >= 0.3 is 0 Å². The lowest BCUT2D eigenvalue weighted by Crippen LogP contribution is -2.07. The molecule has 1 N–H and O–H groups in total. The normalized spacial score (nSPS) is 12.7. The van der Waals surface area contributed by atoms with Crippen molar-refractivity contribution in [2.45, 2.75) is 12.6 Å². The highest BCUT2D eigenvalue weighted by Gasteiger charge is 2.11. The average molecular weight is 224 g/mol. The van der Waals surface area contributed by atoms with Gasteiger partial charge in [0.1, 0.15) is 12.7 Å². The zero-order valence-electron chi connectivity index (χ0n) is 7.92. The molecule has 4 nitrogen and oxygen atoms in total. The van der Waals surface area contributed by atoms with E-state index < -0.39 is 6.10 Å². The minimum absolute atomic E-state index is 0.400. The van der Waals surface area contributed by atoms with Crippen LogP contribution < -0.4 is 0 Å². The molecule has 1 unspecified atom stereocenters. The van der Waals surface area contributed by atoms with Gasteiger partial charge in [0.05, 0.1) is 12.6 Å². The maximum absolute atomic E-state index is 9.91. The van der Waals surface area contributed by atoms with Crippen molar-refractivity contribution in [3.8, 4) is 0 Å². The van der Waals surface area contributed by atoms with Crippen LogP contribution in [0.4, 0.5) is 0 Å². The van der Waals surface area contributed by atoms with E-state index in [1.165, 1.54) is 0 Å². The van der Waals surface area contributed by atoms with Crippen LogP contribution >= 0.6 is 11.6 Å². The summed E-state index contributed by atoms with van der Waals surface area (Å²) in [5, 5.41) is 17.8. The minimum atomic E-state index is -0.644. The lowest BCUT2D eigenvalue weighted by Gasteiger charge is -2.12. The van der Waals surface area contributed by atoms with Gasteiger partial charge in [0.2, 0.25) is 0 Å². The topological polar surface area (TPSA) is 50.9 Å². The van der Waals surface area contributed by atoms with Crippen LogP contribution in [0.2, 0.25) is 5.02 Å². The first-order chi connectivity index (χ1) is 7.27. The van der Waals surface area contributed by atoms with Crippen molar-refractivity contribution in [2.24, 2.45) is 0 Å². The van der Waals surface area contributed by atoms with Gasteiger partial charge in [-0.3, -0.25) is 0 Å². The van der Waals surface area contributed by atoms with Crippen molar-refractivity contribution >= 4 is 11.6 Å². The fourth-order valence-corrected chi connectivity index (χ4v) is 1.62. The Labute approximate surface area is 92.1 Å². The van der Waals surface area contributed by atoms with Gasteiger partial charge in [0.15, 0.2) is 0 Å². The number of aliphatic hydroxyl groups excluding tert-OH is 1. The Morgan fingerprint density at radius 1 is 1.27 bits per heavy atom. The van der Waals surface area contributed by atoms with E-state index >= 15 is 0 Å². The van der Waals surface area contributed by atoms with Crippen molar-refractivity contribution in [3.05, 3.63) is 47.5 Å².